The molecule has 0 aliphatic carbocycles. The highest BCUT2D eigenvalue weighted by atomic mass is 32.2. The second kappa shape index (κ2) is 5.24. The summed E-state index contributed by atoms with van der Waals surface area (Å²) in [6, 6.07) is 4.30. The van der Waals surface area contributed by atoms with Gasteiger partial charge in [0.25, 0.3) is 5.91 Å². The Morgan fingerprint density at radius 1 is 1.30 bits per heavy atom. The average molecular weight is 295 g/mol. The first-order valence-corrected chi connectivity index (χ1v) is 7.34. The second-order valence-corrected chi connectivity index (χ2v) is 5.46. The van der Waals surface area contributed by atoms with Crippen molar-refractivity contribution in [2.45, 2.75) is 6.04 Å². The van der Waals surface area contributed by atoms with Crippen molar-refractivity contribution in [3.63, 3.8) is 0 Å². The first-order chi connectivity index (χ1) is 9.68. The van der Waals surface area contributed by atoms with Crippen LogP contribution in [-0.4, -0.2) is 52.8 Å². The molecule has 2 heterocycles. The summed E-state index contributed by atoms with van der Waals surface area (Å²) in [6.45, 7) is 0.830. The highest BCUT2D eigenvalue weighted by Crippen LogP contribution is 2.35. The number of carboxylic acid groups (broad SMARTS) is 1. The highest BCUT2D eigenvalue weighted by molar-refractivity contribution is 7.99. The molecule has 1 N–H and O–H groups in total. The molecule has 0 aromatic heterocycles. The van der Waals surface area contributed by atoms with E-state index in [-0.39, 0.29) is 5.91 Å². The molecule has 1 atom stereocenters. The molecule has 0 saturated carbocycles. The van der Waals surface area contributed by atoms with Crippen molar-refractivity contribution in [2.75, 3.05) is 24.8 Å². The summed E-state index contributed by atoms with van der Waals surface area (Å²) in [7, 11) is 0. The van der Waals surface area contributed by atoms with Crippen LogP contribution in [0.4, 0.5) is 0 Å². The Kier molecular flexibility index (Phi) is 3.43. The van der Waals surface area contributed by atoms with Crippen molar-refractivity contribution in [3.8, 4) is 11.5 Å². The smallest absolute Gasteiger partial charge is 0.327 e. The van der Waals surface area contributed by atoms with E-state index in [4.69, 9.17) is 14.6 Å². The van der Waals surface area contributed by atoms with E-state index in [1.165, 1.54) is 16.7 Å². The minimum absolute atomic E-state index is 0.329. The van der Waals surface area contributed by atoms with Crippen LogP contribution in [0.25, 0.3) is 0 Å². The standard InChI is InChI=1S/C13H13NO5S/c15-12(14-7-20-6-9(14)13(16)17)8-2-1-3-10-11(8)19-5-4-18-10/h1-3,9H,4-7H2,(H,16,17)/t9-/m0/s1. The van der Waals surface area contributed by atoms with Gasteiger partial charge in [0.2, 0.25) is 0 Å². The normalized spacial score (nSPS) is 20.8. The van der Waals surface area contributed by atoms with Gasteiger partial charge in [-0.3, -0.25) is 4.79 Å². The van der Waals surface area contributed by atoms with Crippen LogP contribution < -0.4 is 9.47 Å². The molecule has 20 heavy (non-hydrogen) atoms. The van der Waals surface area contributed by atoms with E-state index < -0.39 is 12.0 Å². The predicted molar refractivity (Wildman–Crippen MR) is 72.4 cm³/mol. The van der Waals surface area contributed by atoms with Gasteiger partial charge >= 0.3 is 5.97 Å². The number of para-hydroxylation sites is 1. The second-order valence-electron chi connectivity index (χ2n) is 4.46. The number of hydrogen-bond acceptors (Lipinski definition) is 5. The number of ether oxygens (including phenoxy) is 2. The number of nitrogens with zero attached hydrogens (tertiary/aromatic N) is 1. The Bertz CT molecular complexity index is 562. The van der Waals surface area contributed by atoms with E-state index in [1.54, 1.807) is 18.2 Å². The minimum atomic E-state index is -0.981. The summed E-state index contributed by atoms with van der Waals surface area (Å²) < 4.78 is 10.9. The quantitative estimate of drug-likeness (QED) is 0.879. The zero-order chi connectivity index (χ0) is 14.1. The topological polar surface area (TPSA) is 76.1 Å². The van der Waals surface area contributed by atoms with Crippen LogP contribution in [0.5, 0.6) is 11.5 Å². The van der Waals surface area contributed by atoms with E-state index in [2.05, 4.69) is 0 Å². The summed E-state index contributed by atoms with van der Waals surface area (Å²) in [5, 5.41) is 9.15. The molecule has 0 radical (unpaired) electrons. The van der Waals surface area contributed by atoms with Gasteiger partial charge in [0, 0.05) is 5.75 Å². The molecule has 1 aromatic carbocycles. The number of hydrogen-bond donors (Lipinski definition) is 1. The molecule has 3 rings (SSSR count). The zero-order valence-corrected chi connectivity index (χ0v) is 11.4. The van der Waals surface area contributed by atoms with E-state index in [0.29, 0.717) is 41.9 Å². The molecule has 1 aromatic rings. The largest absolute Gasteiger partial charge is 0.486 e. The van der Waals surface area contributed by atoms with Gasteiger partial charge in [0.1, 0.15) is 19.3 Å². The van der Waals surface area contributed by atoms with E-state index in [9.17, 15) is 9.59 Å². The Morgan fingerprint density at radius 2 is 2.10 bits per heavy atom. The minimum Gasteiger partial charge on any atom is -0.486 e. The molecule has 6 nitrogen and oxygen atoms in total. The van der Waals surface area contributed by atoms with Crippen LogP contribution >= 0.6 is 11.8 Å². The Hall–Kier alpha value is -1.89. The van der Waals surface area contributed by atoms with Gasteiger partial charge in [0.05, 0.1) is 11.4 Å². The van der Waals surface area contributed by atoms with Gasteiger partial charge in [-0.1, -0.05) is 6.07 Å². The molecular formula is C13H13NO5S. The monoisotopic (exact) mass is 295 g/mol. The zero-order valence-electron chi connectivity index (χ0n) is 10.6. The molecule has 0 unspecified atom stereocenters. The molecule has 2 aliphatic rings. The third kappa shape index (κ3) is 2.18. The van der Waals surface area contributed by atoms with Gasteiger partial charge in [0.15, 0.2) is 11.5 Å². The summed E-state index contributed by atoms with van der Waals surface area (Å²) in [6.07, 6.45) is 0. The van der Waals surface area contributed by atoms with Crippen molar-refractivity contribution in [3.05, 3.63) is 23.8 Å². The number of fused-ring (bicyclic) bond motifs is 1. The summed E-state index contributed by atoms with van der Waals surface area (Å²) >= 11 is 1.43. The highest BCUT2D eigenvalue weighted by Gasteiger charge is 2.36. The molecule has 0 bridgehead atoms. The number of carboxylic acids is 1. The molecule has 106 valence electrons. The van der Waals surface area contributed by atoms with Gasteiger partial charge in [-0.05, 0) is 12.1 Å². The lowest BCUT2D eigenvalue weighted by molar-refractivity contribution is -0.140. The Morgan fingerprint density at radius 3 is 2.90 bits per heavy atom. The van der Waals surface area contributed by atoms with Crippen LogP contribution in [0, 0.1) is 0 Å². The summed E-state index contributed by atoms with van der Waals surface area (Å²) in [5.74, 6) is 0.411. The van der Waals surface area contributed by atoms with Crippen molar-refractivity contribution in [1.82, 2.24) is 4.90 Å². The third-order valence-corrected chi connectivity index (χ3v) is 4.24. The van der Waals surface area contributed by atoms with Crippen molar-refractivity contribution in [2.24, 2.45) is 0 Å². The number of thioether (sulfide) groups is 1. The lowest BCUT2D eigenvalue weighted by atomic mass is 10.1. The molecule has 1 amide bonds. The molecular weight excluding hydrogens is 282 g/mol. The van der Waals surface area contributed by atoms with Gasteiger partial charge in [-0.15, -0.1) is 11.8 Å². The Balaban J connectivity index is 1.93. The van der Waals surface area contributed by atoms with E-state index in [0.717, 1.165) is 0 Å². The molecule has 1 fully saturated rings. The van der Waals surface area contributed by atoms with Gasteiger partial charge in [-0.2, -0.15) is 0 Å². The fourth-order valence-electron chi connectivity index (χ4n) is 2.24. The summed E-state index contributed by atoms with van der Waals surface area (Å²) in [4.78, 5) is 25.1. The average Bonchev–Trinajstić information content (AvgIpc) is 2.95. The number of carbonyl (C=O) groups is 2. The van der Waals surface area contributed by atoms with Crippen LogP contribution in [0.2, 0.25) is 0 Å². The molecule has 2 aliphatic heterocycles. The number of rotatable bonds is 2. The maximum absolute atomic E-state index is 12.5. The molecule has 7 heteroatoms. The van der Waals surface area contributed by atoms with Crippen molar-refractivity contribution < 1.29 is 24.2 Å². The SMILES string of the molecule is O=C(O)[C@@H]1CSCN1C(=O)c1cccc2c1OCCO2. The fourth-order valence-corrected chi connectivity index (χ4v) is 3.39. The van der Waals surface area contributed by atoms with Crippen LogP contribution in [0.15, 0.2) is 18.2 Å². The molecule has 1 saturated heterocycles. The van der Waals surface area contributed by atoms with Crippen molar-refractivity contribution in [1.29, 1.82) is 0 Å². The van der Waals surface area contributed by atoms with Crippen LogP contribution in [0.1, 0.15) is 10.4 Å². The van der Waals surface area contributed by atoms with Gasteiger partial charge in [-0.25, -0.2) is 4.79 Å². The third-order valence-electron chi connectivity index (χ3n) is 3.22. The maximum Gasteiger partial charge on any atom is 0.327 e. The number of aliphatic carboxylic acids is 1. The lowest BCUT2D eigenvalue weighted by Gasteiger charge is -2.24. The Labute approximate surface area is 119 Å². The maximum atomic E-state index is 12.5. The number of benzene rings is 1. The van der Waals surface area contributed by atoms with E-state index in [1.807, 2.05) is 0 Å². The number of amides is 1. The first-order valence-electron chi connectivity index (χ1n) is 6.18. The summed E-state index contributed by atoms with van der Waals surface area (Å²) in [5.41, 5.74) is 0.357. The fraction of sp³-hybridized carbons (Fsp3) is 0.385. The van der Waals surface area contributed by atoms with Crippen LogP contribution in [0.3, 0.4) is 0 Å². The molecule has 0 spiro atoms. The van der Waals surface area contributed by atoms with Gasteiger partial charge < -0.3 is 19.5 Å². The first kappa shape index (κ1) is 13.1. The van der Waals surface area contributed by atoms with E-state index >= 15 is 0 Å². The van der Waals surface area contributed by atoms with Crippen molar-refractivity contribution >= 4 is 23.6 Å². The number of carbonyl (C=O) groups excluding carboxylic acids is 1. The predicted octanol–water partition coefficient (Wildman–Crippen LogP) is 1.06. The lowest BCUT2D eigenvalue weighted by Crippen LogP contribution is -2.42. The van der Waals surface area contributed by atoms with Crippen LogP contribution in [-0.2, 0) is 4.79 Å².